The maximum atomic E-state index is 11.5. The fraction of sp³-hybridized carbons (Fsp3) is 0.857. The van der Waals surface area contributed by atoms with Crippen LogP contribution in [0.3, 0.4) is 0 Å². The molecule has 0 aromatic rings. The molecule has 0 aromatic carbocycles. The maximum Gasteiger partial charge on any atom is 0.372 e. The lowest BCUT2D eigenvalue weighted by molar-refractivity contribution is -0.234. The molecular weight excluding hydrogens is 296 g/mol. The fourth-order valence-corrected chi connectivity index (χ4v) is 3.13. The molecule has 3 heterocycles. The van der Waals surface area contributed by atoms with E-state index in [-0.39, 0.29) is 6.42 Å². The van der Waals surface area contributed by atoms with Crippen molar-refractivity contribution in [2.75, 3.05) is 0 Å². The molecule has 5 atom stereocenters. The monoisotopic (exact) mass is 316 g/mol. The fourth-order valence-electron chi connectivity index (χ4n) is 3.13. The van der Waals surface area contributed by atoms with Crippen LogP contribution in [0.25, 0.3) is 0 Å². The lowest BCUT2D eigenvalue weighted by Gasteiger charge is -2.36. The molecule has 3 aliphatic rings. The average Bonchev–Trinajstić information content (AvgIpc) is 2.84. The molecule has 3 saturated heterocycles. The summed E-state index contributed by atoms with van der Waals surface area (Å²) in [4.78, 5) is 22.3. The largest absolute Gasteiger partial charge is 0.475 e. The highest BCUT2D eigenvalue weighted by molar-refractivity contribution is 6.32. The smallest absolute Gasteiger partial charge is 0.372 e. The first-order valence-corrected chi connectivity index (χ1v) is 7.21. The molecule has 0 unspecified atom stereocenters. The minimum Gasteiger partial charge on any atom is -0.475 e. The van der Waals surface area contributed by atoms with Gasteiger partial charge in [0.05, 0.1) is 6.10 Å². The lowest BCUT2D eigenvalue weighted by Crippen LogP contribution is -2.55. The van der Waals surface area contributed by atoms with E-state index in [1.807, 2.05) is 0 Å². The second-order valence-electron chi connectivity index (χ2n) is 6.64. The van der Waals surface area contributed by atoms with E-state index in [4.69, 9.17) is 28.8 Å². The van der Waals surface area contributed by atoms with E-state index in [1.54, 1.807) is 27.7 Å². The normalized spacial score (nSPS) is 41.7. The zero-order chi connectivity index (χ0) is 16.3. The van der Waals surface area contributed by atoms with Crippen LogP contribution in [0.1, 0.15) is 34.1 Å². The van der Waals surface area contributed by atoms with Crippen molar-refractivity contribution in [3.8, 4) is 0 Å². The number of carboxylic acid groups (broad SMARTS) is 1. The number of fused-ring (bicyclic) bond motifs is 3. The molecule has 3 rings (SSSR count). The van der Waals surface area contributed by atoms with E-state index in [1.165, 1.54) is 0 Å². The standard InChI is InChI=1S/C14H20O8/c1-13(2)19-8-7(5-6(15)11(16)17)18-12-10(9(8)20-13)21-14(3,4)22-12/h7-10,12H,5H2,1-4H3,(H,16,17)/t7-,8+,9+,10-,12-/m1/s1. The number of aliphatic carboxylic acids is 1. The van der Waals surface area contributed by atoms with Gasteiger partial charge in [0.25, 0.3) is 0 Å². The molecule has 124 valence electrons. The summed E-state index contributed by atoms with van der Waals surface area (Å²) in [6, 6.07) is 0. The van der Waals surface area contributed by atoms with Gasteiger partial charge in [0.1, 0.15) is 18.3 Å². The molecule has 0 amide bonds. The Morgan fingerprint density at radius 3 is 2.09 bits per heavy atom. The number of rotatable bonds is 3. The van der Waals surface area contributed by atoms with Gasteiger partial charge in [0.2, 0.25) is 5.78 Å². The summed E-state index contributed by atoms with van der Waals surface area (Å²) in [6.45, 7) is 7.00. The van der Waals surface area contributed by atoms with Gasteiger partial charge in [-0.2, -0.15) is 0 Å². The van der Waals surface area contributed by atoms with E-state index in [0.717, 1.165) is 0 Å². The molecule has 3 aliphatic heterocycles. The second kappa shape index (κ2) is 4.97. The van der Waals surface area contributed by atoms with E-state index < -0.39 is 54.0 Å². The molecule has 0 aromatic heterocycles. The molecule has 8 nitrogen and oxygen atoms in total. The van der Waals surface area contributed by atoms with E-state index in [9.17, 15) is 9.59 Å². The average molecular weight is 316 g/mol. The molecule has 3 fully saturated rings. The molecule has 0 aliphatic carbocycles. The molecule has 1 N–H and O–H groups in total. The number of hydrogen-bond donors (Lipinski definition) is 1. The van der Waals surface area contributed by atoms with Gasteiger partial charge in [-0.1, -0.05) is 0 Å². The number of carboxylic acids is 1. The van der Waals surface area contributed by atoms with Crippen molar-refractivity contribution in [2.45, 2.75) is 76.4 Å². The van der Waals surface area contributed by atoms with Crippen LogP contribution in [0.5, 0.6) is 0 Å². The highest BCUT2D eigenvalue weighted by Gasteiger charge is 2.60. The Morgan fingerprint density at radius 1 is 0.909 bits per heavy atom. The highest BCUT2D eigenvalue weighted by Crippen LogP contribution is 2.44. The predicted molar refractivity (Wildman–Crippen MR) is 69.8 cm³/mol. The number of Topliss-reactive ketones (excluding diaryl/α,β-unsaturated/α-hetero) is 1. The number of carbonyl (C=O) groups excluding carboxylic acids is 1. The predicted octanol–water partition coefficient (Wildman–Crippen LogP) is 0.427. The number of ether oxygens (including phenoxy) is 5. The highest BCUT2D eigenvalue weighted by atomic mass is 16.9. The van der Waals surface area contributed by atoms with Crippen LogP contribution in [-0.4, -0.2) is 59.1 Å². The minimum atomic E-state index is -1.50. The summed E-state index contributed by atoms with van der Waals surface area (Å²) in [6.07, 6.45) is -3.34. The Kier molecular flexibility index (Phi) is 3.57. The van der Waals surface area contributed by atoms with Crippen molar-refractivity contribution >= 4 is 11.8 Å². The van der Waals surface area contributed by atoms with Crippen LogP contribution >= 0.6 is 0 Å². The van der Waals surface area contributed by atoms with Gasteiger partial charge >= 0.3 is 5.97 Å². The Labute approximate surface area is 127 Å². The van der Waals surface area contributed by atoms with Crippen LogP contribution in [0, 0.1) is 0 Å². The van der Waals surface area contributed by atoms with Gasteiger partial charge in [-0.05, 0) is 27.7 Å². The Balaban J connectivity index is 1.84. The van der Waals surface area contributed by atoms with Crippen LogP contribution < -0.4 is 0 Å². The zero-order valence-electron chi connectivity index (χ0n) is 12.9. The van der Waals surface area contributed by atoms with Crippen LogP contribution in [-0.2, 0) is 33.3 Å². The van der Waals surface area contributed by atoms with E-state index in [0.29, 0.717) is 0 Å². The molecule has 0 saturated carbocycles. The van der Waals surface area contributed by atoms with Gasteiger partial charge in [0, 0.05) is 6.42 Å². The van der Waals surface area contributed by atoms with Crippen LogP contribution in [0.15, 0.2) is 0 Å². The van der Waals surface area contributed by atoms with Gasteiger partial charge in [-0.15, -0.1) is 0 Å². The molecular formula is C14H20O8. The van der Waals surface area contributed by atoms with Gasteiger partial charge < -0.3 is 28.8 Å². The Morgan fingerprint density at radius 2 is 1.45 bits per heavy atom. The minimum absolute atomic E-state index is 0.303. The lowest BCUT2D eigenvalue weighted by atomic mass is 9.95. The van der Waals surface area contributed by atoms with Crippen LogP contribution in [0.2, 0.25) is 0 Å². The number of ketones is 1. The summed E-state index contributed by atoms with van der Waals surface area (Å²) in [7, 11) is 0. The number of hydrogen-bond acceptors (Lipinski definition) is 7. The summed E-state index contributed by atoms with van der Waals surface area (Å²) in [5.74, 6) is -4.14. The maximum absolute atomic E-state index is 11.5. The zero-order valence-corrected chi connectivity index (χ0v) is 12.9. The van der Waals surface area contributed by atoms with Crippen molar-refractivity contribution in [3.05, 3.63) is 0 Å². The van der Waals surface area contributed by atoms with E-state index in [2.05, 4.69) is 0 Å². The van der Waals surface area contributed by atoms with Gasteiger partial charge in [-0.25, -0.2) is 4.79 Å². The van der Waals surface area contributed by atoms with Crippen LogP contribution in [0.4, 0.5) is 0 Å². The van der Waals surface area contributed by atoms with E-state index >= 15 is 0 Å². The third kappa shape index (κ3) is 2.77. The molecule has 22 heavy (non-hydrogen) atoms. The topological polar surface area (TPSA) is 101 Å². The molecule has 8 heteroatoms. The van der Waals surface area contributed by atoms with Crippen molar-refractivity contribution < 1.29 is 38.4 Å². The van der Waals surface area contributed by atoms with Crippen molar-refractivity contribution in [1.82, 2.24) is 0 Å². The number of carbonyl (C=O) groups is 2. The van der Waals surface area contributed by atoms with Gasteiger partial charge in [-0.3, -0.25) is 4.79 Å². The Hall–Kier alpha value is -1.06. The third-order valence-electron chi connectivity index (χ3n) is 3.88. The van der Waals surface area contributed by atoms with Gasteiger partial charge in [0.15, 0.2) is 17.9 Å². The molecule has 0 spiro atoms. The molecule has 0 bridgehead atoms. The summed E-state index contributed by atoms with van der Waals surface area (Å²) < 4.78 is 28.9. The first-order valence-electron chi connectivity index (χ1n) is 7.21. The summed E-state index contributed by atoms with van der Waals surface area (Å²) in [5, 5.41) is 8.79. The third-order valence-corrected chi connectivity index (χ3v) is 3.88. The Bertz CT molecular complexity index is 499. The van der Waals surface area contributed by atoms with Crippen molar-refractivity contribution in [2.24, 2.45) is 0 Å². The SMILES string of the molecule is CC1(C)O[C@H]2[C@@H](O1)[C@@H](CC(=O)C(=O)O)O[C@@H]1OC(C)(C)O[C@@H]12. The quantitative estimate of drug-likeness (QED) is 0.748. The van der Waals surface area contributed by atoms with Crippen molar-refractivity contribution in [1.29, 1.82) is 0 Å². The second-order valence-corrected chi connectivity index (χ2v) is 6.64. The summed E-state index contributed by atoms with van der Waals surface area (Å²) >= 11 is 0. The summed E-state index contributed by atoms with van der Waals surface area (Å²) in [5.41, 5.74) is 0. The van der Waals surface area contributed by atoms with Crippen molar-refractivity contribution in [3.63, 3.8) is 0 Å². The first-order chi connectivity index (χ1) is 10.1. The first kappa shape index (κ1) is 15.8. The molecule has 0 radical (unpaired) electrons.